The van der Waals surface area contributed by atoms with Crippen LogP contribution in [0.4, 0.5) is 5.69 Å². The van der Waals surface area contributed by atoms with Gasteiger partial charge in [-0.05, 0) is 44.2 Å². The van der Waals surface area contributed by atoms with Crippen molar-refractivity contribution in [1.29, 1.82) is 0 Å². The third kappa shape index (κ3) is 5.10. The van der Waals surface area contributed by atoms with E-state index in [1.54, 1.807) is 0 Å². The molecule has 6 heteroatoms. The third-order valence-corrected chi connectivity index (χ3v) is 3.99. The molecule has 0 spiro atoms. The molecule has 2 aromatic carbocycles. The lowest BCUT2D eigenvalue weighted by Gasteiger charge is -2.28. The van der Waals surface area contributed by atoms with Gasteiger partial charge in [0.05, 0.1) is 13.2 Å². The fourth-order valence-corrected chi connectivity index (χ4v) is 2.84. The molecule has 2 aromatic rings. The van der Waals surface area contributed by atoms with Gasteiger partial charge in [-0.3, -0.25) is 0 Å². The van der Waals surface area contributed by atoms with Crippen LogP contribution in [0.2, 0.25) is 0 Å². The third-order valence-electron chi connectivity index (χ3n) is 3.33. The fourth-order valence-electron chi connectivity index (χ4n) is 2.32. The van der Waals surface area contributed by atoms with Gasteiger partial charge in [0.15, 0.2) is 0 Å². The minimum Gasteiger partial charge on any atom is -0.494 e. The molecule has 3 nitrogen and oxygen atoms in total. The number of hydrogen-bond donors (Lipinski definition) is 1. The summed E-state index contributed by atoms with van der Waals surface area (Å²) in [4.78, 5) is 0. The maximum absolute atomic E-state index is 6.22. The Morgan fingerprint density at radius 2 is 1.54 bits per heavy atom. The molecule has 0 aliphatic heterocycles. The fraction of sp³-hybridized carbons (Fsp3) is 0.333. The maximum Gasteiger partial charge on any atom is 0.214 e. The van der Waals surface area contributed by atoms with Gasteiger partial charge in [0, 0.05) is 11.3 Å². The van der Waals surface area contributed by atoms with Gasteiger partial charge < -0.3 is 14.8 Å². The summed E-state index contributed by atoms with van der Waals surface area (Å²) in [5, 5.41) is 3.27. The predicted octanol–water partition coefficient (Wildman–Crippen LogP) is 6.01. The van der Waals surface area contributed by atoms with Gasteiger partial charge in [-0.25, -0.2) is 0 Å². The van der Waals surface area contributed by atoms with E-state index in [2.05, 4.69) is 5.32 Å². The Hall–Kier alpha value is -1.29. The smallest absolute Gasteiger partial charge is 0.214 e. The summed E-state index contributed by atoms with van der Waals surface area (Å²) in [6.45, 7) is 5.01. The second-order valence-electron chi connectivity index (χ2n) is 5.05. The van der Waals surface area contributed by atoms with E-state index < -0.39 is 9.83 Å². The number of para-hydroxylation sites is 1. The van der Waals surface area contributed by atoms with Crippen LogP contribution >= 0.6 is 34.8 Å². The Labute approximate surface area is 157 Å². The average molecular weight is 389 g/mol. The molecule has 0 bridgehead atoms. The Balaban J connectivity index is 2.30. The monoisotopic (exact) mass is 387 g/mol. The predicted molar refractivity (Wildman–Crippen MR) is 102 cm³/mol. The summed E-state index contributed by atoms with van der Waals surface area (Å²) in [6.07, 6.45) is 0. The number of benzene rings is 2. The van der Waals surface area contributed by atoms with Crippen molar-refractivity contribution in [3.05, 3.63) is 54.1 Å². The number of nitrogens with one attached hydrogen (secondary N) is 1. The number of ether oxygens (including phenoxy) is 2. The van der Waals surface area contributed by atoms with E-state index in [0.717, 1.165) is 17.0 Å². The Kier molecular flexibility index (Phi) is 6.90. The van der Waals surface area contributed by atoms with Crippen molar-refractivity contribution in [1.82, 2.24) is 0 Å². The van der Waals surface area contributed by atoms with E-state index in [9.17, 15) is 0 Å². The van der Waals surface area contributed by atoms with Crippen LogP contribution in [-0.2, 0) is 0 Å². The topological polar surface area (TPSA) is 30.5 Å². The molecule has 0 amide bonds. The van der Waals surface area contributed by atoms with Crippen molar-refractivity contribution >= 4 is 40.5 Å². The van der Waals surface area contributed by atoms with Gasteiger partial charge >= 0.3 is 0 Å². The lowest BCUT2D eigenvalue weighted by molar-refractivity contribution is 0.335. The summed E-state index contributed by atoms with van der Waals surface area (Å²) in [5.41, 5.74) is 1.61. The largest absolute Gasteiger partial charge is 0.494 e. The zero-order valence-electron chi connectivity index (χ0n) is 13.6. The zero-order chi connectivity index (χ0) is 17.6. The normalized spacial score (nSPS) is 12.5. The Morgan fingerprint density at radius 1 is 0.917 bits per heavy atom. The first-order valence-corrected chi connectivity index (χ1v) is 8.87. The van der Waals surface area contributed by atoms with Crippen LogP contribution in [0.1, 0.15) is 25.5 Å². The van der Waals surface area contributed by atoms with E-state index in [0.29, 0.717) is 19.0 Å². The molecule has 0 heterocycles. The van der Waals surface area contributed by atoms with Gasteiger partial charge in [-0.2, -0.15) is 0 Å². The molecule has 0 aromatic heterocycles. The summed E-state index contributed by atoms with van der Waals surface area (Å²) in [5.74, 6) is 1.48. The highest BCUT2D eigenvalue weighted by Gasteiger charge is 2.35. The number of alkyl halides is 3. The molecule has 0 saturated heterocycles. The van der Waals surface area contributed by atoms with Crippen molar-refractivity contribution in [2.45, 2.75) is 23.7 Å². The number of hydrogen-bond acceptors (Lipinski definition) is 3. The molecular weight excluding hydrogens is 369 g/mol. The standard InChI is InChI=1S/C18H20Cl3NO2/c1-3-23-14-11-9-13(10-12-14)22-17(18(19,20)21)15-7-5-6-8-16(15)24-4-2/h5-12,17,22H,3-4H2,1-2H3. The Morgan fingerprint density at radius 3 is 2.12 bits per heavy atom. The Bertz CT molecular complexity index is 641. The minimum atomic E-state index is -1.55. The summed E-state index contributed by atoms with van der Waals surface area (Å²) >= 11 is 18.7. The highest BCUT2D eigenvalue weighted by atomic mass is 35.6. The van der Waals surface area contributed by atoms with Crippen LogP contribution in [0.25, 0.3) is 0 Å². The van der Waals surface area contributed by atoms with Crippen molar-refractivity contribution in [2.24, 2.45) is 0 Å². The van der Waals surface area contributed by atoms with Crippen molar-refractivity contribution in [3.8, 4) is 11.5 Å². The van der Waals surface area contributed by atoms with Crippen LogP contribution in [0.15, 0.2) is 48.5 Å². The van der Waals surface area contributed by atoms with E-state index in [1.807, 2.05) is 62.4 Å². The van der Waals surface area contributed by atoms with Gasteiger partial charge in [0.2, 0.25) is 3.79 Å². The van der Waals surface area contributed by atoms with Gasteiger partial charge in [-0.15, -0.1) is 0 Å². The number of rotatable bonds is 7. The molecule has 2 rings (SSSR count). The first kappa shape index (κ1) is 19.0. The van der Waals surface area contributed by atoms with Crippen LogP contribution in [0, 0.1) is 0 Å². The van der Waals surface area contributed by atoms with E-state index in [1.165, 1.54) is 0 Å². The first-order chi connectivity index (χ1) is 11.5. The molecule has 0 radical (unpaired) electrons. The molecule has 24 heavy (non-hydrogen) atoms. The molecule has 1 atom stereocenters. The lowest BCUT2D eigenvalue weighted by Crippen LogP contribution is -2.25. The van der Waals surface area contributed by atoms with Crippen LogP contribution in [0.5, 0.6) is 11.5 Å². The summed E-state index contributed by atoms with van der Waals surface area (Å²) in [7, 11) is 0. The second-order valence-corrected chi connectivity index (χ2v) is 7.42. The summed E-state index contributed by atoms with van der Waals surface area (Å²) < 4.78 is 9.56. The highest BCUT2D eigenvalue weighted by molar-refractivity contribution is 6.68. The van der Waals surface area contributed by atoms with Crippen LogP contribution in [0.3, 0.4) is 0 Å². The van der Waals surface area contributed by atoms with E-state index >= 15 is 0 Å². The molecule has 1 N–H and O–H groups in total. The van der Waals surface area contributed by atoms with Crippen LogP contribution < -0.4 is 14.8 Å². The molecule has 130 valence electrons. The molecular formula is C18H20Cl3NO2. The first-order valence-electron chi connectivity index (χ1n) is 7.73. The molecule has 0 saturated carbocycles. The van der Waals surface area contributed by atoms with Gasteiger partial charge in [0.25, 0.3) is 0 Å². The van der Waals surface area contributed by atoms with Crippen molar-refractivity contribution in [2.75, 3.05) is 18.5 Å². The lowest BCUT2D eigenvalue weighted by atomic mass is 10.1. The zero-order valence-corrected chi connectivity index (χ0v) is 15.8. The van der Waals surface area contributed by atoms with Gasteiger partial charge in [0.1, 0.15) is 17.5 Å². The molecule has 0 fully saturated rings. The van der Waals surface area contributed by atoms with Crippen molar-refractivity contribution in [3.63, 3.8) is 0 Å². The summed E-state index contributed by atoms with van der Waals surface area (Å²) in [6, 6.07) is 14.5. The van der Waals surface area contributed by atoms with Crippen LogP contribution in [-0.4, -0.2) is 17.0 Å². The van der Waals surface area contributed by atoms with E-state index in [4.69, 9.17) is 44.3 Å². The van der Waals surface area contributed by atoms with Crippen molar-refractivity contribution < 1.29 is 9.47 Å². The number of anilines is 1. The SMILES string of the molecule is CCOc1ccc(NC(c2ccccc2OCC)C(Cl)(Cl)Cl)cc1. The highest BCUT2D eigenvalue weighted by Crippen LogP contribution is 2.44. The maximum atomic E-state index is 6.22. The van der Waals surface area contributed by atoms with Gasteiger partial charge in [-0.1, -0.05) is 53.0 Å². The van der Waals surface area contributed by atoms with E-state index in [-0.39, 0.29) is 0 Å². The molecule has 0 aliphatic carbocycles. The minimum absolute atomic E-state index is 0.534. The molecule has 1 unspecified atom stereocenters. The molecule has 0 aliphatic rings. The second kappa shape index (κ2) is 8.70. The number of halogens is 3. The quantitative estimate of drug-likeness (QED) is 0.589. The average Bonchev–Trinajstić information content (AvgIpc) is 2.54.